The minimum atomic E-state index is 0.264. The van der Waals surface area contributed by atoms with Crippen molar-refractivity contribution in [1.29, 1.82) is 0 Å². The van der Waals surface area contributed by atoms with Crippen molar-refractivity contribution in [1.82, 2.24) is 19.8 Å². The molecule has 3 N–H and O–H groups in total. The number of nitrogens with one attached hydrogen (secondary N) is 1. The molecule has 2 rings (SSSR count). The van der Waals surface area contributed by atoms with E-state index in [1.807, 2.05) is 0 Å². The number of nitrogens with zero attached hydrogens (tertiary/aromatic N) is 3. The van der Waals surface area contributed by atoms with Gasteiger partial charge in [-0.05, 0) is 14.0 Å². The molecule has 5 nitrogen and oxygen atoms in total. The van der Waals surface area contributed by atoms with Gasteiger partial charge in [-0.15, -0.1) is 0 Å². The van der Waals surface area contributed by atoms with Gasteiger partial charge in [0.05, 0.1) is 18.1 Å². The third kappa shape index (κ3) is 2.26. The van der Waals surface area contributed by atoms with E-state index in [0.717, 1.165) is 37.6 Å². The lowest BCUT2D eigenvalue weighted by Crippen LogP contribution is -2.47. The van der Waals surface area contributed by atoms with Gasteiger partial charge in [0.15, 0.2) is 0 Å². The minimum absolute atomic E-state index is 0.264. The van der Waals surface area contributed by atoms with E-state index < -0.39 is 0 Å². The van der Waals surface area contributed by atoms with Gasteiger partial charge >= 0.3 is 0 Å². The van der Waals surface area contributed by atoms with Crippen molar-refractivity contribution in [2.45, 2.75) is 13.0 Å². The number of imidazole rings is 1. The van der Waals surface area contributed by atoms with Crippen LogP contribution in [-0.4, -0.2) is 59.5 Å². The molecule has 90 valence electrons. The molecule has 0 aromatic carbocycles. The van der Waals surface area contributed by atoms with Crippen LogP contribution in [0, 0.1) is 6.92 Å². The van der Waals surface area contributed by atoms with Gasteiger partial charge in [-0.1, -0.05) is 0 Å². The number of piperazine rings is 1. The Kier molecular flexibility index (Phi) is 3.58. The molecule has 2 heterocycles. The van der Waals surface area contributed by atoms with Gasteiger partial charge in [0, 0.05) is 38.4 Å². The highest BCUT2D eigenvalue weighted by atomic mass is 15.3. The zero-order chi connectivity index (χ0) is 11.5. The number of aromatic nitrogens is 2. The minimum Gasteiger partial charge on any atom is -0.348 e. The lowest BCUT2D eigenvalue weighted by Gasteiger charge is -2.37. The fraction of sp³-hybridized carbons (Fsp3) is 0.727. The molecule has 1 aromatic heterocycles. The van der Waals surface area contributed by atoms with Crippen LogP contribution >= 0.6 is 0 Å². The van der Waals surface area contributed by atoms with Crippen molar-refractivity contribution in [2.75, 3.05) is 39.8 Å². The lowest BCUT2D eigenvalue weighted by atomic mass is 10.1. The first-order valence-corrected chi connectivity index (χ1v) is 5.85. The standard InChI is InChI=1S/C11H21N5/c1-9-11(14-8-13-9)10(7-12)16-5-3-15(2)4-6-16/h8,10H,3-7,12H2,1-2H3,(H,13,14). The highest BCUT2D eigenvalue weighted by Crippen LogP contribution is 2.21. The van der Waals surface area contributed by atoms with E-state index in [9.17, 15) is 0 Å². The van der Waals surface area contributed by atoms with Crippen LogP contribution in [-0.2, 0) is 0 Å². The van der Waals surface area contributed by atoms with E-state index in [2.05, 4.69) is 33.7 Å². The third-order valence-electron chi connectivity index (χ3n) is 3.39. The smallest absolute Gasteiger partial charge is 0.0925 e. The number of hydrogen-bond donors (Lipinski definition) is 2. The molecule has 0 aliphatic carbocycles. The van der Waals surface area contributed by atoms with Crippen LogP contribution in [0.5, 0.6) is 0 Å². The highest BCUT2D eigenvalue weighted by Gasteiger charge is 2.25. The normalized spacial score (nSPS) is 21.2. The fourth-order valence-corrected chi connectivity index (χ4v) is 2.27. The van der Waals surface area contributed by atoms with Gasteiger partial charge in [-0.2, -0.15) is 0 Å². The molecular weight excluding hydrogens is 202 g/mol. The van der Waals surface area contributed by atoms with Crippen molar-refractivity contribution in [3.05, 3.63) is 17.7 Å². The summed E-state index contributed by atoms with van der Waals surface area (Å²) in [4.78, 5) is 12.3. The molecule has 0 bridgehead atoms. The Bertz CT molecular complexity index is 327. The summed E-state index contributed by atoms with van der Waals surface area (Å²) in [5, 5.41) is 0. The summed E-state index contributed by atoms with van der Waals surface area (Å²) in [5.41, 5.74) is 8.13. The summed E-state index contributed by atoms with van der Waals surface area (Å²) < 4.78 is 0. The third-order valence-corrected chi connectivity index (χ3v) is 3.39. The summed E-state index contributed by atoms with van der Waals surface area (Å²) >= 11 is 0. The van der Waals surface area contributed by atoms with Gasteiger partial charge in [0.2, 0.25) is 0 Å². The molecule has 1 aromatic rings. The zero-order valence-corrected chi connectivity index (χ0v) is 10.1. The Morgan fingerprint density at radius 1 is 1.44 bits per heavy atom. The molecule has 1 fully saturated rings. The van der Waals surface area contributed by atoms with Crippen LogP contribution in [0.1, 0.15) is 17.4 Å². The highest BCUT2D eigenvalue weighted by molar-refractivity contribution is 5.14. The monoisotopic (exact) mass is 223 g/mol. The van der Waals surface area contributed by atoms with E-state index in [-0.39, 0.29) is 6.04 Å². The van der Waals surface area contributed by atoms with Crippen LogP contribution in [0.25, 0.3) is 0 Å². The van der Waals surface area contributed by atoms with E-state index in [1.54, 1.807) is 6.33 Å². The molecule has 0 spiro atoms. The molecule has 0 saturated carbocycles. The zero-order valence-electron chi connectivity index (χ0n) is 10.1. The van der Waals surface area contributed by atoms with Gasteiger partial charge in [0.25, 0.3) is 0 Å². The largest absolute Gasteiger partial charge is 0.348 e. The average molecular weight is 223 g/mol. The second-order valence-electron chi connectivity index (χ2n) is 4.50. The number of likely N-dealkylation sites (N-methyl/N-ethyl adjacent to an activating group) is 1. The van der Waals surface area contributed by atoms with Crippen molar-refractivity contribution in [3.63, 3.8) is 0 Å². The quantitative estimate of drug-likeness (QED) is 0.755. The van der Waals surface area contributed by atoms with Crippen LogP contribution < -0.4 is 5.73 Å². The molecule has 5 heteroatoms. The number of nitrogens with two attached hydrogens (primary N) is 1. The fourth-order valence-electron chi connectivity index (χ4n) is 2.27. The summed E-state index contributed by atoms with van der Waals surface area (Å²) in [6.45, 7) is 7.06. The van der Waals surface area contributed by atoms with Gasteiger partial charge in [-0.3, -0.25) is 4.90 Å². The first-order valence-electron chi connectivity index (χ1n) is 5.85. The summed E-state index contributed by atoms with van der Waals surface area (Å²) in [6, 6.07) is 0.264. The molecule has 1 unspecified atom stereocenters. The molecule has 1 aliphatic rings. The second-order valence-corrected chi connectivity index (χ2v) is 4.50. The van der Waals surface area contributed by atoms with Gasteiger partial charge in [-0.25, -0.2) is 4.98 Å². The van der Waals surface area contributed by atoms with Crippen LogP contribution in [0.2, 0.25) is 0 Å². The molecule has 0 amide bonds. The Labute approximate surface area is 96.6 Å². The van der Waals surface area contributed by atoms with Crippen molar-refractivity contribution >= 4 is 0 Å². The first kappa shape index (κ1) is 11.6. The Morgan fingerprint density at radius 3 is 2.62 bits per heavy atom. The predicted molar refractivity (Wildman–Crippen MR) is 64.2 cm³/mol. The maximum Gasteiger partial charge on any atom is 0.0925 e. The van der Waals surface area contributed by atoms with Gasteiger partial charge in [0.1, 0.15) is 0 Å². The van der Waals surface area contributed by atoms with E-state index in [4.69, 9.17) is 5.73 Å². The van der Waals surface area contributed by atoms with Gasteiger partial charge < -0.3 is 15.6 Å². The average Bonchev–Trinajstić information content (AvgIpc) is 2.69. The van der Waals surface area contributed by atoms with Crippen molar-refractivity contribution in [3.8, 4) is 0 Å². The number of aryl methyl sites for hydroxylation is 1. The lowest BCUT2D eigenvalue weighted by molar-refractivity contribution is 0.112. The summed E-state index contributed by atoms with van der Waals surface area (Å²) in [6.07, 6.45) is 1.75. The number of hydrogen-bond acceptors (Lipinski definition) is 4. The Hall–Kier alpha value is -0.910. The molecule has 16 heavy (non-hydrogen) atoms. The number of H-pyrrole nitrogens is 1. The molecule has 1 atom stereocenters. The number of aromatic amines is 1. The van der Waals surface area contributed by atoms with E-state index in [1.165, 1.54) is 0 Å². The van der Waals surface area contributed by atoms with E-state index >= 15 is 0 Å². The summed E-state index contributed by atoms with van der Waals surface area (Å²) in [7, 11) is 2.16. The molecule has 0 radical (unpaired) electrons. The molecular formula is C11H21N5. The van der Waals surface area contributed by atoms with Crippen LogP contribution in [0.4, 0.5) is 0 Å². The number of rotatable bonds is 3. The van der Waals surface area contributed by atoms with Crippen molar-refractivity contribution < 1.29 is 0 Å². The van der Waals surface area contributed by atoms with Crippen LogP contribution in [0.15, 0.2) is 6.33 Å². The predicted octanol–water partition coefficient (Wildman–Crippen LogP) is -0.0347. The van der Waals surface area contributed by atoms with Crippen LogP contribution in [0.3, 0.4) is 0 Å². The Balaban J connectivity index is 2.08. The molecule has 1 aliphatic heterocycles. The first-order chi connectivity index (χ1) is 7.72. The maximum atomic E-state index is 5.89. The summed E-state index contributed by atoms with van der Waals surface area (Å²) in [5.74, 6) is 0. The molecule has 1 saturated heterocycles. The Morgan fingerprint density at radius 2 is 2.12 bits per heavy atom. The SMILES string of the molecule is Cc1[nH]cnc1C(CN)N1CCN(C)CC1. The maximum absolute atomic E-state index is 5.89. The van der Waals surface area contributed by atoms with E-state index in [0.29, 0.717) is 6.54 Å². The topological polar surface area (TPSA) is 61.2 Å². The van der Waals surface area contributed by atoms with Crippen molar-refractivity contribution in [2.24, 2.45) is 5.73 Å². The second kappa shape index (κ2) is 4.95.